The molecule has 0 bridgehead atoms. The summed E-state index contributed by atoms with van der Waals surface area (Å²) in [6.45, 7) is 4.31. The number of hydrogen-bond acceptors (Lipinski definition) is 6. The molecule has 3 rings (SSSR count). The number of carboxylic acids is 1. The maximum atomic E-state index is 11.8. The van der Waals surface area contributed by atoms with Crippen LogP contribution in [0.4, 0.5) is 5.69 Å². The average molecular weight is 415 g/mol. The molecule has 1 amide bonds. The number of fused-ring (bicyclic) bond motifs is 1. The number of aromatic carboxylic acids is 1. The smallest absolute Gasteiger partial charge is 0.339 e. The highest BCUT2D eigenvalue weighted by molar-refractivity contribution is 6.06. The van der Waals surface area contributed by atoms with Crippen LogP contribution in [-0.2, 0) is 16.0 Å². The molecule has 0 unspecified atom stereocenters. The SMILES string of the molecule is CCOCC(=O)NC1CCC(Oc2cccc3nc(CC)c(C(=O)O)c(N)c23)CC1. The van der Waals surface area contributed by atoms with E-state index in [4.69, 9.17) is 15.2 Å². The number of hydrogen-bond donors (Lipinski definition) is 3. The molecule has 0 aliphatic heterocycles. The van der Waals surface area contributed by atoms with Crippen LogP contribution in [0.2, 0.25) is 0 Å². The van der Waals surface area contributed by atoms with Crippen LogP contribution in [0, 0.1) is 0 Å². The molecule has 1 aliphatic carbocycles. The van der Waals surface area contributed by atoms with Crippen molar-refractivity contribution in [2.45, 2.75) is 58.1 Å². The van der Waals surface area contributed by atoms with Gasteiger partial charge in [-0.1, -0.05) is 13.0 Å². The molecule has 0 radical (unpaired) electrons. The Morgan fingerprint density at radius 2 is 1.97 bits per heavy atom. The van der Waals surface area contributed by atoms with E-state index in [2.05, 4.69) is 10.3 Å². The highest BCUT2D eigenvalue weighted by Crippen LogP contribution is 2.35. The van der Waals surface area contributed by atoms with Gasteiger partial charge in [0.25, 0.3) is 0 Å². The number of aryl methyl sites for hydroxylation is 1. The minimum atomic E-state index is -1.09. The largest absolute Gasteiger partial charge is 0.490 e. The van der Waals surface area contributed by atoms with E-state index >= 15 is 0 Å². The van der Waals surface area contributed by atoms with Crippen molar-refractivity contribution in [2.24, 2.45) is 0 Å². The second-order valence-corrected chi connectivity index (χ2v) is 7.45. The Labute approximate surface area is 175 Å². The summed E-state index contributed by atoms with van der Waals surface area (Å²) in [5.41, 5.74) is 7.59. The van der Waals surface area contributed by atoms with Crippen LogP contribution in [-0.4, -0.2) is 47.3 Å². The number of aromatic nitrogens is 1. The monoisotopic (exact) mass is 415 g/mol. The Kier molecular flexibility index (Phi) is 7.10. The van der Waals surface area contributed by atoms with Crippen LogP contribution in [0.15, 0.2) is 18.2 Å². The lowest BCUT2D eigenvalue weighted by Crippen LogP contribution is -2.41. The van der Waals surface area contributed by atoms with E-state index in [1.54, 1.807) is 6.07 Å². The summed E-state index contributed by atoms with van der Waals surface area (Å²) in [6.07, 6.45) is 3.62. The molecule has 1 aromatic heterocycles. The molecule has 4 N–H and O–H groups in total. The maximum Gasteiger partial charge on any atom is 0.339 e. The number of carboxylic acid groups (broad SMARTS) is 1. The second kappa shape index (κ2) is 9.75. The fourth-order valence-corrected chi connectivity index (χ4v) is 3.93. The fraction of sp³-hybridized carbons (Fsp3) is 0.500. The Hall–Kier alpha value is -2.87. The molecule has 1 aliphatic rings. The molecular formula is C22H29N3O5. The van der Waals surface area contributed by atoms with Crippen molar-refractivity contribution in [3.8, 4) is 5.75 Å². The molecule has 1 fully saturated rings. The zero-order valence-electron chi connectivity index (χ0n) is 17.4. The van der Waals surface area contributed by atoms with E-state index in [1.165, 1.54) is 0 Å². The van der Waals surface area contributed by atoms with Gasteiger partial charge in [0.05, 0.1) is 28.4 Å². The first-order valence-corrected chi connectivity index (χ1v) is 10.4. The maximum absolute atomic E-state index is 11.8. The van der Waals surface area contributed by atoms with Crippen molar-refractivity contribution in [3.05, 3.63) is 29.5 Å². The number of nitrogens with zero attached hydrogens (tertiary/aromatic N) is 1. The summed E-state index contributed by atoms with van der Waals surface area (Å²) < 4.78 is 11.4. The van der Waals surface area contributed by atoms with Gasteiger partial charge in [-0.05, 0) is 51.2 Å². The number of benzene rings is 1. The summed E-state index contributed by atoms with van der Waals surface area (Å²) >= 11 is 0. The van der Waals surface area contributed by atoms with Crippen LogP contribution >= 0.6 is 0 Å². The van der Waals surface area contributed by atoms with Crippen molar-refractivity contribution in [3.63, 3.8) is 0 Å². The van der Waals surface area contributed by atoms with Crippen LogP contribution < -0.4 is 15.8 Å². The highest BCUT2D eigenvalue weighted by atomic mass is 16.5. The van der Waals surface area contributed by atoms with Gasteiger partial charge in [-0.3, -0.25) is 9.78 Å². The van der Waals surface area contributed by atoms with Gasteiger partial charge in [0, 0.05) is 12.6 Å². The summed E-state index contributed by atoms with van der Waals surface area (Å²) in [4.78, 5) is 28.1. The Morgan fingerprint density at radius 1 is 1.23 bits per heavy atom. The fourth-order valence-electron chi connectivity index (χ4n) is 3.93. The van der Waals surface area contributed by atoms with Gasteiger partial charge in [0.15, 0.2) is 0 Å². The third-order valence-electron chi connectivity index (χ3n) is 5.41. The molecule has 0 spiro atoms. The summed E-state index contributed by atoms with van der Waals surface area (Å²) in [5, 5.41) is 13.1. The molecule has 1 aromatic carbocycles. The first-order chi connectivity index (χ1) is 14.4. The number of rotatable bonds is 8. The van der Waals surface area contributed by atoms with Gasteiger partial charge < -0.3 is 25.6 Å². The summed E-state index contributed by atoms with van der Waals surface area (Å²) in [7, 11) is 0. The molecule has 0 saturated heterocycles. The summed E-state index contributed by atoms with van der Waals surface area (Å²) in [5.74, 6) is -0.634. The minimum absolute atomic E-state index is 0.0332. The molecule has 8 heteroatoms. The third-order valence-corrected chi connectivity index (χ3v) is 5.41. The Morgan fingerprint density at radius 3 is 2.60 bits per heavy atom. The molecule has 162 valence electrons. The Bertz CT molecular complexity index is 923. The number of nitrogen functional groups attached to an aromatic ring is 1. The van der Waals surface area contributed by atoms with E-state index in [0.717, 1.165) is 25.7 Å². The second-order valence-electron chi connectivity index (χ2n) is 7.45. The van der Waals surface area contributed by atoms with Crippen molar-refractivity contribution in [1.29, 1.82) is 0 Å². The molecule has 1 saturated carbocycles. The lowest BCUT2D eigenvalue weighted by Gasteiger charge is -2.30. The first-order valence-electron chi connectivity index (χ1n) is 10.4. The molecule has 1 heterocycles. The topological polar surface area (TPSA) is 124 Å². The van der Waals surface area contributed by atoms with E-state index in [0.29, 0.717) is 35.4 Å². The number of pyridine rings is 1. The lowest BCUT2D eigenvalue weighted by atomic mass is 9.92. The molecule has 8 nitrogen and oxygen atoms in total. The van der Waals surface area contributed by atoms with Crippen LogP contribution in [0.5, 0.6) is 5.75 Å². The number of carbonyl (C=O) groups excluding carboxylic acids is 1. The molecule has 0 atom stereocenters. The van der Waals surface area contributed by atoms with E-state index in [9.17, 15) is 14.7 Å². The van der Waals surface area contributed by atoms with Gasteiger partial charge in [-0.25, -0.2) is 4.79 Å². The predicted octanol–water partition coefficient (Wildman–Crippen LogP) is 2.92. The summed E-state index contributed by atoms with van der Waals surface area (Å²) in [6, 6.07) is 5.56. The number of amides is 1. The molecular weight excluding hydrogens is 386 g/mol. The zero-order valence-corrected chi connectivity index (χ0v) is 17.4. The number of carbonyl (C=O) groups is 2. The standard InChI is InChI=1S/C22H29N3O5/c1-3-15-20(22(27)28)21(23)19-16(25-15)6-5-7-17(19)30-14-10-8-13(9-11-14)24-18(26)12-29-4-2/h5-7,13-14H,3-4,8-12H2,1-2H3,(H2,23,25)(H,24,26)(H,27,28). The first kappa shape index (κ1) is 21.8. The van der Waals surface area contributed by atoms with Crippen LogP contribution in [0.1, 0.15) is 55.6 Å². The van der Waals surface area contributed by atoms with E-state index in [-0.39, 0.29) is 35.9 Å². The third kappa shape index (κ3) is 4.81. The van der Waals surface area contributed by atoms with Crippen molar-refractivity contribution >= 4 is 28.5 Å². The highest BCUT2D eigenvalue weighted by Gasteiger charge is 2.25. The van der Waals surface area contributed by atoms with Crippen molar-refractivity contribution in [2.75, 3.05) is 18.9 Å². The van der Waals surface area contributed by atoms with Crippen molar-refractivity contribution in [1.82, 2.24) is 10.3 Å². The number of nitrogens with two attached hydrogens (primary N) is 1. The molecule has 30 heavy (non-hydrogen) atoms. The zero-order chi connectivity index (χ0) is 21.7. The number of ether oxygens (including phenoxy) is 2. The molecule has 2 aromatic rings. The van der Waals surface area contributed by atoms with Gasteiger partial charge in [-0.15, -0.1) is 0 Å². The minimum Gasteiger partial charge on any atom is -0.490 e. The van der Waals surface area contributed by atoms with Gasteiger partial charge in [0.1, 0.15) is 17.9 Å². The van der Waals surface area contributed by atoms with E-state index in [1.807, 2.05) is 26.0 Å². The van der Waals surface area contributed by atoms with E-state index < -0.39 is 5.97 Å². The lowest BCUT2D eigenvalue weighted by molar-refractivity contribution is -0.126. The predicted molar refractivity (Wildman–Crippen MR) is 114 cm³/mol. The van der Waals surface area contributed by atoms with Gasteiger partial charge >= 0.3 is 5.97 Å². The average Bonchev–Trinajstić information content (AvgIpc) is 2.73. The quantitative estimate of drug-likeness (QED) is 0.605. The van der Waals surface area contributed by atoms with Crippen molar-refractivity contribution < 1.29 is 24.2 Å². The number of nitrogens with one attached hydrogen (secondary N) is 1. The van der Waals surface area contributed by atoms with Gasteiger partial charge in [-0.2, -0.15) is 0 Å². The van der Waals surface area contributed by atoms with Gasteiger partial charge in [0.2, 0.25) is 5.91 Å². The van der Waals surface area contributed by atoms with Crippen LogP contribution in [0.25, 0.3) is 10.9 Å². The Balaban J connectivity index is 1.73. The van der Waals surface area contributed by atoms with Crippen LogP contribution in [0.3, 0.4) is 0 Å². The normalized spacial score (nSPS) is 18.9. The number of anilines is 1.